The minimum Gasteiger partial charge on any atom is -0.490 e. The Morgan fingerprint density at radius 3 is 2.62 bits per heavy atom. The summed E-state index contributed by atoms with van der Waals surface area (Å²) in [5.74, 6) is 0.552. The first kappa shape index (κ1) is 22.5. The number of imidazole rings is 1. The number of hydrogen-bond donors (Lipinski definition) is 4. The van der Waals surface area contributed by atoms with Gasteiger partial charge in [0.05, 0.1) is 18.4 Å². The zero-order valence-electron chi connectivity index (χ0n) is 17.8. The summed E-state index contributed by atoms with van der Waals surface area (Å²) in [5.41, 5.74) is 2.21. The number of nitrogens with zero attached hydrogens (tertiary/aromatic N) is 2. The van der Waals surface area contributed by atoms with Crippen molar-refractivity contribution in [2.75, 3.05) is 22.8 Å². The number of ether oxygens (including phenoxy) is 1. The van der Waals surface area contributed by atoms with Crippen LogP contribution in [0.1, 0.15) is 10.5 Å². The van der Waals surface area contributed by atoms with Gasteiger partial charge >= 0.3 is 0 Å². The minimum absolute atomic E-state index is 0.209. The van der Waals surface area contributed by atoms with Crippen molar-refractivity contribution in [3.63, 3.8) is 0 Å². The Labute approximate surface area is 206 Å². The van der Waals surface area contributed by atoms with Crippen molar-refractivity contribution in [2.45, 2.75) is 4.90 Å². The Kier molecular flexibility index (Phi) is 6.05. The molecule has 3 aromatic carbocycles. The van der Waals surface area contributed by atoms with Crippen LogP contribution in [0.2, 0.25) is 0 Å². The van der Waals surface area contributed by atoms with Gasteiger partial charge < -0.3 is 15.0 Å². The number of benzene rings is 3. The van der Waals surface area contributed by atoms with Crippen LogP contribution in [0.25, 0.3) is 11.4 Å². The molecule has 1 amide bonds. The molecule has 0 bridgehead atoms. The first-order chi connectivity index (χ1) is 16.4. The van der Waals surface area contributed by atoms with E-state index in [1.54, 1.807) is 24.3 Å². The van der Waals surface area contributed by atoms with Gasteiger partial charge in [0.15, 0.2) is 0 Å². The SMILES string of the molecule is O=C(Nc1ccc2c(c1)S(O)(O)N(c1ccc(Br)cc1)CCO2)c1cnc(-c2ccccc2)[nH]1. The van der Waals surface area contributed by atoms with Gasteiger partial charge in [-0.1, -0.05) is 57.0 Å². The molecule has 0 unspecified atom stereocenters. The third kappa shape index (κ3) is 4.40. The van der Waals surface area contributed by atoms with Crippen molar-refractivity contribution in [1.82, 2.24) is 9.97 Å². The van der Waals surface area contributed by atoms with Crippen molar-refractivity contribution >= 4 is 44.0 Å². The molecule has 174 valence electrons. The molecular weight excluding hydrogens is 520 g/mol. The third-order valence-corrected chi connectivity index (χ3v) is 7.78. The molecule has 8 nitrogen and oxygen atoms in total. The predicted octanol–water partition coefficient (Wildman–Crippen LogP) is 6.02. The van der Waals surface area contributed by atoms with E-state index >= 15 is 0 Å². The molecule has 0 atom stereocenters. The van der Waals surface area contributed by atoms with Gasteiger partial charge in [0.2, 0.25) is 0 Å². The van der Waals surface area contributed by atoms with Crippen LogP contribution in [0.15, 0.2) is 88.4 Å². The highest BCUT2D eigenvalue weighted by Crippen LogP contribution is 2.58. The molecular formula is C24H21BrN4O4S. The summed E-state index contributed by atoms with van der Waals surface area (Å²) in [6, 6.07) is 21.6. The Hall–Kier alpha value is -3.31. The van der Waals surface area contributed by atoms with Crippen molar-refractivity contribution < 1.29 is 18.6 Å². The smallest absolute Gasteiger partial charge is 0.273 e. The fourth-order valence-corrected chi connectivity index (χ4v) is 5.59. The lowest BCUT2D eigenvalue weighted by Crippen LogP contribution is -2.29. The molecule has 0 saturated carbocycles. The largest absolute Gasteiger partial charge is 0.490 e. The van der Waals surface area contributed by atoms with Gasteiger partial charge in [-0.25, -0.2) is 4.98 Å². The topological polar surface area (TPSA) is 111 Å². The number of anilines is 2. The summed E-state index contributed by atoms with van der Waals surface area (Å²) in [6.07, 6.45) is 1.47. The van der Waals surface area contributed by atoms with E-state index in [-0.39, 0.29) is 23.7 Å². The van der Waals surface area contributed by atoms with Gasteiger partial charge in [-0.05, 0) is 42.5 Å². The molecule has 2 heterocycles. The predicted molar refractivity (Wildman–Crippen MR) is 137 cm³/mol. The summed E-state index contributed by atoms with van der Waals surface area (Å²) >= 11 is 3.40. The van der Waals surface area contributed by atoms with Crippen LogP contribution in [-0.2, 0) is 0 Å². The molecule has 1 aliphatic heterocycles. The van der Waals surface area contributed by atoms with Crippen molar-refractivity contribution in [3.05, 3.63) is 89.2 Å². The maximum absolute atomic E-state index is 12.8. The maximum atomic E-state index is 12.8. The Balaban J connectivity index is 1.41. The van der Waals surface area contributed by atoms with Crippen LogP contribution >= 0.6 is 26.7 Å². The lowest BCUT2D eigenvalue weighted by Gasteiger charge is -2.42. The zero-order valence-corrected chi connectivity index (χ0v) is 20.2. The first-order valence-corrected chi connectivity index (χ1v) is 12.7. The zero-order chi connectivity index (χ0) is 23.7. The molecule has 0 fully saturated rings. The number of halogens is 1. The van der Waals surface area contributed by atoms with E-state index in [9.17, 15) is 13.9 Å². The van der Waals surface area contributed by atoms with Gasteiger partial charge in [0.1, 0.15) is 28.8 Å². The average molecular weight is 541 g/mol. The number of rotatable bonds is 4. The van der Waals surface area contributed by atoms with Gasteiger partial charge in [0, 0.05) is 15.7 Å². The number of fused-ring (bicyclic) bond motifs is 1. The number of carbonyl (C=O) groups is 1. The van der Waals surface area contributed by atoms with Gasteiger partial charge in [-0.15, -0.1) is 0 Å². The van der Waals surface area contributed by atoms with Crippen molar-refractivity contribution in [1.29, 1.82) is 0 Å². The molecule has 5 rings (SSSR count). The van der Waals surface area contributed by atoms with Crippen LogP contribution in [0, 0.1) is 0 Å². The summed E-state index contributed by atoms with van der Waals surface area (Å²) < 4.78 is 30.7. The van der Waals surface area contributed by atoms with E-state index in [1.165, 1.54) is 16.6 Å². The normalized spacial score (nSPS) is 15.6. The lowest BCUT2D eigenvalue weighted by molar-refractivity contribution is 0.102. The van der Waals surface area contributed by atoms with Gasteiger partial charge in [0.25, 0.3) is 5.91 Å². The Bertz CT molecular complexity index is 1330. The van der Waals surface area contributed by atoms with Crippen LogP contribution in [-0.4, -0.2) is 38.1 Å². The molecule has 0 radical (unpaired) electrons. The van der Waals surface area contributed by atoms with Crippen LogP contribution in [0.3, 0.4) is 0 Å². The Morgan fingerprint density at radius 1 is 1.09 bits per heavy atom. The van der Waals surface area contributed by atoms with E-state index < -0.39 is 16.7 Å². The summed E-state index contributed by atoms with van der Waals surface area (Å²) in [7, 11) is -3.42. The van der Waals surface area contributed by atoms with E-state index in [1.807, 2.05) is 42.5 Å². The minimum atomic E-state index is -3.42. The highest BCUT2D eigenvalue weighted by atomic mass is 79.9. The number of aromatic amines is 1. The van der Waals surface area contributed by atoms with Crippen LogP contribution in [0.5, 0.6) is 5.75 Å². The first-order valence-electron chi connectivity index (χ1n) is 10.4. The monoisotopic (exact) mass is 540 g/mol. The second kappa shape index (κ2) is 9.15. The summed E-state index contributed by atoms with van der Waals surface area (Å²) in [5, 5.41) is 2.79. The van der Waals surface area contributed by atoms with E-state index in [2.05, 4.69) is 31.2 Å². The summed E-state index contributed by atoms with van der Waals surface area (Å²) in [4.78, 5) is 20.3. The number of nitrogens with one attached hydrogen (secondary N) is 2. The number of H-pyrrole nitrogens is 1. The number of aromatic nitrogens is 2. The molecule has 0 spiro atoms. The van der Waals surface area contributed by atoms with Gasteiger partial charge in [-0.3, -0.25) is 18.2 Å². The fraction of sp³-hybridized carbons (Fsp3) is 0.0833. The highest BCUT2D eigenvalue weighted by Gasteiger charge is 2.32. The number of carbonyl (C=O) groups excluding carboxylic acids is 1. The maximum Gasteiger partial charge on any atom is 0.273 e. The Morgan fingerprint density at radius 2 is 1.85 bits per heavy atom. The molecule has 1 aromatic heterocycles. The highest BCUT2D eigenvalue weighted by molar-refractivity contribution is 9.10. The second-order valence-corrected chi connectivity index (χ2v) is 10.4. The molecule has 34 heavy (non-hydrogen) atoms. The molecule has 4 N–H and O–H groups in total. The fourth-order valence-electron chi connectivity index (χ4n) is 3.66. The number of amides is 1. The summed E-state index contributed by atoms with van der Waals surface area (Å²) in [6.45, 7) is 0.567. The molecule has 1 aliphatic rings. The lowest BCUT2D eigenvalue weighted by atomic mass is 10.2. The average Bonchev–Trinajstić information content (AvgIpc) is 3.30. The molecule has 0 saturated heterocycles. The number of hydrogen-bond acceptors (Lipinski definition) is 6. The third-order valence-electron chi connectivity index (χ3n) is 5.34. The van der Waals surface area contributed by atoms with Crippen molar-refractivity contribution in [3.8, 4) is 17.1 Å². The van der Waals surface area contributed by atoms with Crippen LogP contribution < -0.4 is 14.4 Å². The standard InChI is InChI=1S/C24H21BrN4O4S/c25-17-6-9-19(10-7-17)29-12-13-33-21-11-8-18(14-22(21)34(29,31)32)27-24(30)20-15-26-23(28-20)16-4-2-1-3-5-16/h1-11,14-15,31-32H,12-13H2,(H,26,28)(H,27,30). The second-order valence-electron chi connectivity index (χ2n) is 7.57. The van der Waals surface area contributed by atoms with Crippen LogP contribution in [0.4, 0.5) is 11.4 Å². The molecule has 10 heteroatoms. The van der Waals surface area contributed by atoms with Crippen molar-refractivity contribution in [2.24, 2.45) is 0 Å². The molecule has 0 aliphatic carbocycles. The van der Waals surface area contributed by atoms with E-state index in [0.717, 1.165) is 10.0 Å². The molecule has 4 aromatic rings. The van der Waals surface area contributed by atoms with E-state index in [4.69, 9.17) is 4.74 Å². The van der Waals surface area contributed by atoms with Gasteiger partial charge in [-0.2, -0.15) is 0 Å². The quantitative estimate of drug-likeness (QED) is 0.252. The van der Waals surface area contributed by atoms with E-state index in [0.29, 0.717) is 22.9 Å².